The van der Waals surface area contributed by atoms with Gasteiger partial charge in [-0.05, 0) is 57.8 Å². The molecule has 75 heavy (non-hydrogen) atoms. The van der Waals surface area contributed by atoms with Gasteiger partial charge in [0.15, 0.2) is 0 Å². The Balaban J connectivity index is 3.40. The first-order valence-corrected chi connectivity index (χ1v) is 34.1. The van der Waals surface area contributed by atoms with Crippen LogP contribution in [-0.2, 0) is 14.3 Å². The second kappa shape index (κ2) is 64.9. The highest BCUT2D eigenvalue weighted by Gasteiger charge is 2.18. The normalized spacial score (nSPS) is 12.6. The van der Waals surface area contributed by atoms with Gasteiger partial charge in [0.2, 0.25) is 5.91 Å². The van der Waals surface area contributed by atoms with Gasteiger partial charge in [-0.1, -0.05) is 334 Å². The average Bonchev–Trinajstić information content (AvgIpc) is 3.41. The van der Waals surface area contributed by atoms with Gasteiger partial charge in [0, 0.05) is 12.8 Å². The lowest BCUT2D eigenvalue weighted by Crippen LogP contribution is -2.45. The fraction of sp³-hybridized carbons (Fsp3) is 0.913. The van der Waals surface area contributed by atoms with Gasteiger partial charge in [-0.25, -0.2) is 0 Å². The average molecular weight is 1060 g/mol. The number of allylic oxidation sites excluding steroid dienone is 3. The molecule has 6 heteroatoms. The quantitative estimate of drug-likeness (QED) is 0.0320. The van der Waals surface area contributed by atoms with Crippen molar-refractivity contribution in [3.05, 3.63) is 24.3 Å². The summed E-state index contributed by atoms with van der Waals surface area (Å²) in [6.45, 7) is 4.93. The molecular weight excluding hydrogens is 923 g/mol. The molecule has 0 bridgehead atoms. The predicted octanol–water partition coefficient (Wildman–Crippen LogP) is 21.8. The largest absolute Gasteiger partial charge is 0.466 e. The maximum absolute atomic E-state index is 12.5. The van der Waals surface area contributed by atoms with Gasteiger partial charge in [0.05, 0.1) is 25.4 Å². The van der Waals surface area contributed by atoms with Gasteiger partial charge in [0.1, 0.15) is 0 Å². The lowest BCUT2D eigenvalue weighted by Gasteiger charge is -2.20. The highest BCUT2D eigenvalue weighted by molar-refractivity contribution is 5.76. The van der Waals surface area contributed by atoms with E-state index >= 15 is 0 Å². The predicted molar refractivity (Wildman–Crippen MR) is 329 cm³/mol. The molecule has 6 nitrogen and oxygen atoms in total. The van der Waals surface area contributed by atoms with E-state index in [0.29, 0.717) is 19.4 Å². The molecule has 444 valence electrons. The molecule has 0 spiro atoms. The molecule has 0 radical (unpaired) electrons. The number of esters is 1. The Kier molecular flexibility index (Phi) is 63.4. The fourth-order valence-corrected chi connectivity index (χ4v) is 10.7. The van der Waals surface area contributed by atoms with Crippen molar-refractivity contribution < 1.29 is 24.5 Å². The van der Waals surface area contributed by atoms with Crippen LogP contribution in [0.5, 0.6) is 0 Å². The maximum atomic E-state index is 12.5. The number of carbonyl (C=O) groups excluding carboxylic acids is 2. The molecule has 0 saturated heterocycles. The molecule has 3 N–H and O–H groups in total. The number of aliphatic hydroxyl groups is 2. The minimum atomic E-state index is -0.846. The Hall–Kier alpha value is -1.66. The molecule has 0 aliphatic heterocycles. The maximum Gasteiger partial charge on any atom is 0.305 e. The van der Waals surface area contributed by atoms with E-state index in [1.807, 2.05) is 6.08 Å². The molecule has 0 fully saturated rings. The second-order valence-electron chi connectivity index (χ2n) is 23.5. The van der Waals surface area contributed by atoms with Crippen molar-refractivity contribution in [2.45, 2.75) is 392 Å². The molecule has 0 aromatic heterocycles. The van der Waals surface area contributed by atoms with Crippen LogP contribution in [-0.4, -0.2) is 47.4 Å². The third kappa shape index (κ3) is 61.4. The highest BCUT2D eigenvalue weighted by atomic mass is 16.5. The monoisotopic (exact) mass is 1060 g/mol. The molecule has 0 aliphatic rings. The summed E-state index contributed by atoms with van der Waals surface area (Å²) in [6, 6.07) is -0.629. The van der Waals surface area contributed by atoms with E-state index in [9.17, 15) is 19.8 Å². The van der Waals surface area contributed by atoms with E-state index < -0.39 is 12.1 Å². The summed E-state index contributed by atoms with van der Waals surface area (Å²) >= 11 is 0. The van der Waals surface area contributed by atoms with Crippen molar-refractivity contribution in [2.24, 2.45) is 0 Å². The minimum Gasteiger partial charge on any atom is -0.466 e. The van der Waals surface area contributed by atoms with Crippen molar-refractivity contribution in [1.82, 2.24) is 5.32 Å². The van der Waals surface area contributed by atoms with E-state index in [-0.39, 0.29) is 18.5 Å². The number of aliphatic hydroxyl groups excluding tert-OH is 2. The minimum absolute atomic E-state index is 0.00929. The fourth-order valence-electron chi connectivity index (χ4n) is 10.7. The summed E-state index contributed by atoms with van der Waals surface area (Å²) in [4.78, 5) is 24.6. The Morgan fingerprint density at radius 1 is 0.360 bits per heavy atom. The molecule has 0 saturated carbocycles. The molecule has 0 aromatic carbocycles. The molecule has 2 atom stereocenters. The van der Waals surface area contributed by atoms with E-state index in [1.54, 1.807) is 6.08 Å². The van der Waals surface area contributed by atoms with Crippen LogP contribution >= 0.6 is 0 Å². The first kappa shape index (κ1) is 73.3. The molecular formula is C69H133NO5. The third-order valence-corrected chi connectivity index (χ3v) is 16.0. The number of nitrogens with one attached hydrogen (secondary N) is 1. The van der Waals surface area contributed by atoms with Gasteiger partial charge >= 0.3 is 5.97 Å². The number of hydrogen-bond acceptors (Lipinski definition) is 5. The van der Waals surface area contributed by atoms with Crippen LogP contribution in [0.4, 0.5) is 0 Å². The van der Waals surface area contributed by atoms with Crippen LogP contribution < -0.4 is 5.32 Å². The summed E-state index contributed by atoms with van der Waals surface area (Å²) in [5, 5.41) is 23.2. The number of carbonyl (C=O) groups is 2. The van der Waals surface area contributed by atoms with Crippen molar-refractivity contribution in [3.63, 3.8) is 0 Å². The zero-order valence-electron chi connectivity index (χ0n) is 50.8. The number of rotatable bonds is 64. The highest BCUT2D eigenvalue weighted by Crippen LogP contribution is 2.18. The van der Waals surface area contributed by atoms with Gasteiger partial charge < -0.3 is 20.3 Å². The first-order valence-electron chi connectivity index (χ1n) is 34.1. The molecule has 0 aromatic rings. The topological polar surface area (TPSA) is 95.9 Å². The molecule has 0 rings (SSSR count). The second-order valence-corrected chi connectivity index (χ2v) is 23.5. The van der Waals surface area contributed by atoms with Gasteiger partial charge in [0.25, 0.3) is 0 Å². The van der Waals surface area contributed by atoms with Crippen LogP contribution in [0.15, 0.2) is 24.3 Å². The number of hydrogen-bond donors (Lipinski definition) is 3. The van der Waals surface area contributed by atoms with Crippen LogP contribution in [0.25, 0.3) is 0 Å². The standard InChI is InChI=1S/C69H133NO5/c1-3-5-7-9-11-13-15-17-19-21-26-29-33-37-41-45-49-53-57-61-67(72)66(65-71)70-68(73)62-58-54-50-46-42-38-34-30-27-24-23-25-28-32-36-40-44-48-52-56-60-64-75-69(74)63-59-55-51-47-43-39-35-31-22-20-18-16-14-12-10-8-6-4-2/h20,22,57,61,66-67,71-72H,3-19,21,23-56,58-60,62-65H2,1-2H3,(H,70,73)/b22-20-,61-57+. The SMILES string of the molecule is CCCCCCCCC/C=C\CCCCCCCCCC(=O)OCCCCCCCCCCCCCCCCCCCCCCCC(=O)NC(CO)C(O)/C=C/CCCCCCCCCCCCCCCCCCC. The van der Waals surface area contributed by atoms with Crippen LogP contribution in [0.1, 0.15) is 380 Å². The van der Waals surface area contributed by atoms with Crippen molar-refractivity contribution in [1.29, 1.82) is 0 Å². The summed E-state index contributed by atoms with van der Waals surface area (Å²) < 4.78 is 5.50. The van der Waals surface area contributed by atoms with Gasteiger partial charge in [-0.15, -0.1) is 0 Å². The summed E-state index contributed by atoms with van der Waals surface area (Å²) in [5.74, 6) is -0.0563. The molecule has 0 aliphatic carbocycles. The molecule has 0 heterocycles. The van der Waals surface area contributed by atoms with Gasteiger partial charge in [-0.2, -0.15) is 0 Å². The Morgan fingerprint density at radius 2 is 0.627 bits per heavy atom. The first-order chi connectivity index (χ1) is 37.0. The van der Waals surface area contributed by atoms with E-state index in [2.05, 4.69) is 31.3 Å². The Labute approximate surface area is 469 Å². The van der Waals surface area contributed by atoms with E-state index in [0.717, 1.165) is 44.9 Å². The van der Waals surface area contributed by atoms with Crippen molar-refractivity contribution in [3.8, 4) is 0 Å². The Morgan fingerprint density at radius 3 is 0.947 bits per heavy atom. The van der Waals surface area contributed by atoms with Crippen molar-refractivity contribution >= 4 is 11.9 Å². The zero-order chi connectivity index (χ0) is 54.3. The Bertz CT molecular complexity index is 1170. The van der Waals surface area contributed by atoms with E-state index in [4.69, 9.17) is 4.74 Å². The zero-order valence-corrected chi connectivity index (χ0v) is 50.8. The summed E-state index contributed by atoms with van der Waals surface area (Å²) in [6.07, 6.45) is 80.9. The van der Waals surface area contributed by atoms with Crippen molar-refractivity contribution in [2.75, 3.05) is 13.2 Å². The number of amides is 1. The van der Waals surface area contributed by atoms with Crippen LogP contribution in [0.3, 0.4) is 0 Å². The number of ether oxygens (including phenoxy) is 1. The van der Waals surface area contributed by atoms with Gasteiger partial charge in [-0.3, -0.25) is 9.59 Å². The van der Waals surface area contributed by atoms with E-state index in [1.165, 1.54) is 308 Å². The van der Waals surface area contributed by atoms with Crippen LogP contribution in [0.2, 0.25) is 0 Å². The summed E-state index contributed by atoms with van der Waals surface area (Å²) in [5.41, 5.74) is 0. The molecule has 1 amide bonds. The third-order valence-electron chi connectivity index (χ3n) is 16.0. The molecule has 2 unspecified atom stereocenters. The summed E-state index contributed by atoms with van der Waals surface area (Å²) in [7, 11) is 0. The lowest BCUT2D eigenvalue weighted by atomic mass is 10.0. The number of unbranched alkanes of at least 4 members (excludes halogenated alkanes) is 51. The smallest absolute Gasteiger partial charge is 0.305 e. The lowest BCUT2D eigenvalue weighted by molar-refractivity contribution is -0.143. The van der Waals surface area contributed by atoms with Crippen LogP contribution in [0, 0.1) is 0 Å².